The fraction of sp³-hybridized carbons (Fsp3) is 0.714. The number of hydrogen-bond donors (Lipinski definition) is 2. The van der Waals surface area contributed by atoms with Crippen molar-refractivity contribution < 1.29 is 4.79 Å². The topological polar surface area (TPSA) is 76.2 Å². The van der Waals surface area contributed by atoms with Crippen LogP contribution in [0.4, 0.5) is 0 Å². The fourth-order valence-corrected chi connectivity index (χ4v) is 2.45. The molecule has 1 aromatic rings. The zero-order valence-corrected chi connectivity index (χ0v) is 12.4. The lowest BCUT2D eigenvalue weighted by atomic mass is 10.2. The zero-order chi connectivity index (χ0) is 14.5. The van der Waals surface area contributed by atoms with E-state index >= 15 is 0 Å². The van der Waals surface area contributed by atoms with E-state index in [1.54, 1.807) is 12.5 Å². The third-order valence-corrected chi connectivity index (χ3v) is 3.89. The number of rotatable bonds is 9. The molecule has 0 aromatic carbocycles. The molecule has 3 N–H and O–H groups in total. The van der Waals surface area contributed by atoms with Gasteiger partial charge in [-0.15, -0.1) is 0 Å². The van der Waals surface area contributed by atoms with Crippen molar-refractivity contribution in [1.82, 2.24) is 19.8 Å². The molecule has 1 atom stereocenters. The van der Waals surface area contributed by atoms with Crippen molar-refractivity contribution in [2.45, 2.75) is 38.8 Å². The number of likely N-dealkylation sites (N-methyl/N-ethyl adjacent to an activating group) is 1. The molecule has 1 aromatic heterocycles. The highest BCUT2D eigenvalue weighted by Gasteiger charge is 2.29. The van der Waals surface area contributed by atoms with Gasteiger partial charge in [0.25, 0.3) is 0 Å². The smallest absolute Gasteiger partial charge is 0.240 e. The van der Waals surface area contributed by atoms with Crippen molar-refractivity contribution in [3.05, 3.63) is 18.2 Å². The van der Waals surface area contributed by atoms with Crippen LogP contribution in [0.3, 0.4) is 0 Å². The number of hydrogen-bond acceptors (Lipinski definition) is 4. The van der Waals surface area contributed by atoms with E-state index in [9.17, 15) is 4.79 Å². The number of nitrogens with two attached hydrogens (primary N) is 1. The zero-order valence-electron chi connectivity index (χ0n) is 12.4. The Morgan fingerprint density at radius 3 is 2.80 bits per heavy atom. The molecule has 1 aliphatic rings. The largest absolute Gasteiger partial charge is 0.368 e. The summed E-state index contributed by atoms with van der Waals surface area (Å²) in [5, 5.41) is 3.27. The molecule has 0 spiro atoms. The molecule has 1 amide bonds. The second-order valence-corrected chi connectivity index (χ2v) is 5.27. The molecular formula is C14H25N5O. The lowest BCUT2D eigenvalue weighted by Gasteiger charge is -2.21. The van der Waals surface area contributed by atoms with Crippen LogP contribution in [0.5, 0.6) is 0 Å². The maximum atomic E-state index is 11.7. The Morgan fingerprint density at radius 1 is 1.55 bits per heavy atom. The number of imidazole rings is 1. The number of amides is 1. The summed E-state index contributed by atoms with van der Waals surface area (Å²) in [4.78, 5) is 18.2. The van der Waals surface area contributed by atoms with Gasteiger partial charge in [-0.1, -0.05) is 13.8 Å². The van der Waals surface area contributed by atoms with Gasteiger partial charge in [0.2, 0.25) is 5.91 Å². The number of primary amides is 1. The van der Waals surface area contributed by atoms with Gasteiger partial charge in [-0.25, -0.2) is 4.98 Å². The van der Waals surface area contributed by atoms with E-state index in [0.29, 0.717) is 6.04 Å². The lowest BCUT2D eigenvalue weighted by molar-refractivity contribution is -0.120. The molecule has 0 bridgehead atoms. The molecular weight excluding hydrogens is 254 g/mol. The van der Waals surface area contributed by atoms with Crippen molar-refractivity contribution >= 4 is 5.91 Å². The highest BCUT2D eigenvalue weighted by molar-refractivity contribution is 5.80. The van der Waals surface area contributed by atoms with Crippen molar-refractivity contribution in [2.24, 2.45) is 5.73 Å². The Labute approximate surface area is 120 Å². The molecule has 6 nitrogen and oxygen atoms in total. The maximum Gasteiger partial charge on any atom is 0.240 e. The Morgan fingerprint density at radius 2 is 2.25 bits per heavy atom. The molecule has 20 heavy (non-hydrogen) atoms. The van der Waals surface area contributed by atoms with Crippen LogP contribution in [0.15, 0.2) is 12.5 Å². The van der Waals surface area contributed by atoms with E-state index < -0.39 is 6.04 Å². The highest BCUT2D eigenvalue weighted by atomic mass is 16.1. The first-order valence-electron chi connectivity index (χ1n) is 7.44. The number of carbonyl (C=O) groups is 1. The summed E-state index contributed by atoms with van der Waals surface area (Å²) in [5.41, 5.74) is 6.43. The number of nitrogens with one attached hydrogen (secondary N) is 1. The van der Waals surface area contributed by atoms with Crippen LogP contribution < -0.4 is 11.1 Å². The first-order valence-corrected chi connectivity index (χ1v) is 7.44. The van der Waals surface area contributed by atoms with Crippen LogP contribution in [0.2, 0.25) is 0 Å². The van der Waals surface area contributed by atoms with E-state index in [-0.39, 0.29) is 5.91 Å². The van der Waals surface area contributed by atoms with Crippen LogP contribution in [-0.4, -0.2) is 46.5 Å². The maximum absolute atomic E-state index is 11.7. The second-order valence-electron chi connectivity index (χ2n) is 5.27. The van der Waals surface area contributed by atoms with Crippen LogP contribution >= 0.6 is 0 Å². The van der Waals surface area contributed by atoms with Gasteiger partial charge in [-0.05, 0) is 25.9 Å². The summed E-state index contributed by atoms with van der Waals surface area (Å²) in [6.07, 6.45) is 5.87. The fourth-order valence-electron chi connectivity index (χ4n) is 2.45. The first kappa shape index (κ1) is 15.0. The van der Waals surface area contributed by atoms with Crippen LogP contribution in [0.25, 0.3) is 0 Å². The Balaban J connectivity index is 1.96. The van der Waals surface area contributed by atoms with Gasteiger partial charge in [-0.2, -0.15) is 0 Å². The number of aromatic nitrogens is 2. The summed E-state index contributed by atoms with van der Waals surface area (Å²) in [6, 6.07) is 0.0487. The van der Waals surface area contributed by atoms with E-state index in [1.807, 2.05) is 0 Å². The molecule has 1 aliphatic carbocycles. The number of carbonyl (C=O) groups excluding carboxylic acids is 1. The normalized spacial score (nSPS) is 16.6. The van der Waals surface area contributed by atoms with Gasteiger partial charge in [0.05, 0.1) is 18.2 Å². The summed E-state index contributed by atoms with van der Waals surface area (Å²) in [6.45, 7) is 7.95. The Kier molecular flexibility index (Phi) is 5.14. The molecule has 0 saturated heterocycles. The molecule has 1 saturated carbocycles. The van der Waals surface area contributed by atoms with E-state index in [1.165, 1.54) is 0 Å². The quantitative estimate of drug-likeness (QED) is 0.697. The molecule has 112 valence electrons. The van der Waals surface area contributed by atoms with E-state index in [4.69, 9.17) is 5.73 Å². The van der Waals surface area contributed by atoms with Gasteiger partial charge in [0, 0.05) is 19.1 Å². The summed E-state index contributed by atoms with van der Waals surface area (Å²) >= 11 is 0. The SMILES string of the molecule is CCN(CC)CCNC(C(N)=O)c1cncn1C1CC1. The Hall–Kier alpha value is -1.40. The average Bonchev–Trinajstić information content (AvgIpc) is 3.17. The third kappa shape index (κ3) is 3.58. The summed E-state index contributed by atoms with van der Waals surface area (Å²) in [7, 11) is 0. The van der Waals surface area contributed by atoms with Gasteiger partial charge in [-0.3, -0.25) is 10.1 Å². The average molecular weight is 279 g/mol. The molecule has 0 aliphatic heterocycles. The second kappa shape index (κ2) is 6.85. The third-order valence-electron chi connectivity index (χ3n) is 3.89. The minimum absolute atomic E-state index is 0.341. The monoisotopic (exact) mass is 279 g/mol. The predicted molar refractivity (Wildman–Crippen MR) is 78.2 cm³/mol. The van der Waals surface area contributed by atoms with E-state index in [0.717, 1.165) is 44.7 Å². The minimum atomic E-state index is -0.450. The molecule has 2 rings (SSSR count). The van der Waals surface area contributed by atoms with Gasteiger partial charge >= 0.3 is 0 Å². The van der Waals surface area contributed by atoms with Crippen molar-refractivity contribution in [2.75, 3.05) is 26.2 Å². The number of nitrogens with zero attached hydrogens (tertiary/aromatic N) is 3. The van der Waals surface area contributed by atoms with Gasteiger partial charge in [0.1, 0.15) is 6.04 Å². The molecule has 0 radical (unpaired) electrons. The minimum Gasteiger partial charge on any atom is -0.368 e. The predicted octanol–water partition coefficient (Wildman–Crippen LogP) is 0.676. The Bertz CT molecular complexity index is 437. The van der Waals surface area contributed by atoms with Crippen LogP contribution in [-0.2, 0) is 4.79 Å². The summed E-state index contributed by atoms with van der Waals surface area (Å²) < 4.78 is 2.08. The van der Waals surface area contributed by atoms with Crippen molar-refractivity contribution in [3.8, 4) is 0 Å². The van der Waals surface area contributed by atoms with Crippen LogP contribution in [0, 0.1) is 0 Å². The molecule has 6 heteroatoms. The lowest BCUT2D eigenvalue weighted by Crippen LogP contribution is -2.39. The molecule has 1 heterocycles. The summed E-state index contributed by atoms with van der Waals surface area (Å²) in [5.74, 6) is -0.341. The van der Waals surface area contributed by atoms with Gasteiger partial charge in [0.15, 0.2) is 0 Å². The van der Waals surface area contributed by atoms with Crippen molar-refractivity contribution in [3.63, 3.8) is 0 Å². The first-order chi connectivity index (χ1) is 9.67. The molecule has 1 unspecified atom stereocenters. The van der Waals surface area contributed by atoms with Crippen LogP contribution in [0.1, 0.15) is 44.5 Å². The van der Waals surface area contributed by atoms with E-state index in [2.05, 4.69) is 33.6 Å². The molecule has 1 fully saturated rings. The van der Waals surface area contributed by atoms with Crippen molar-refractivity contribution in [1.29, 1.82) is 0 Å². The highest BCUT2D eigenvalue weighted by Crippen LogP contribution is 2.36. The van der Waals surface area contributed by atoms with Gasteiger partial charge < -0.3 is 15.2 Å². The standard InChI is InChI=1S/C14H25N5O/c1-3-18(4-2)8-7-17-13(14(15)20)12-9-16-10-19(12)11-5-6-11/h9-11,13,17H,3-8H2,1-2H3,(H2,15,20).